The molecule has 0 radical (unpaired) electrons. The first kappa shape index (κ1) is 42.8. The number of carbonyl (C=O) groups excluding carboxylic acids is 1. The molecule has 7 nitrogen and oxygen atoms in total. The zero-order valence-corrected chi connectivity index (χ0v) is 37.5. The molecule has 0 aromatic heterocycles. The van der Waals surface area contributed by atoms with Crippen molar-refractivity contribution in [2.24, 2.45) is 5.92 Å². The number of halogens is 1. The third-order valence-electron chi connectivity index (χ3n) is 12.0. The SMILES string of the molecule is COP(=O)(OC)c1cccc(-c2ccc(C3C(CCC(O[Si](C)(C)C(C)(C)C)c4ccc(F)cc4)C(=O)N3c3ccccc3)c(O[Si](C)(C)C(C)(C)C)c2)c1. The van der Waals surface area contributed by atoms with Gasteiger partial charge in [-0.05, 0) is 108 Å². The van der Waals surface area contributed by atoms with Crippen LogP contribution >= 0.6 is 7.60 Å². The van der Waals surface area contributed by atoms with Crippen molar-refractivity contribution >= 4 is 41.1 Å². The van der Waals surface area contributed by atoms with Gasteiger partial charge in [0, 0.05) is 25.5 Å². The Morgan fingerprint density at radius 2 is 1.36 bits per heavy atom. The van der Waals surface area contributed by atoms with Crippen molar-refractivity contribution in [3.05, 3.63) is 114 Å². The zero-order valence-electron chi connectivity index (χ0n) is 34.6. The van der Waals surface area contributed by atoms with Gasteiger partial charge in [-0.25, -0.2) is 4.39 Å². The maximum atomic E-state index is 14.4. The highest BCUT2D eigenvalue weighted by atomic mass is 31.2. The molecule has 0 aliphatic carbocycles. The third-order valence-corrected chi connectivity index (χ3v) is 22.7. The monoisotopic (exact) mass is 803 g/mol. The Bertz CT molecular complexity index is 2000. The normalized spacial score (nSPS) is 17.5. The average molecular weight is 804 g/mol. The van der Waals surface area contributed by atoms with Crippen LogP contribution in [0.2, 0.25) is 36.3 Å². The van der Waals surface area contributed by atoms with Gasteiger partial charge in [-0.3, -0.25) is 9.36 Å². The van der Waals surface area contributed by atoms with Gasteiger partial charge in [0.05, 0.1) is 23.4 Å². The molecule has 1 saturated heterocycles. The summed E-state index contributed by atoms with van der Waals surface area (Å²) in [6.07, 6.45) is 0.861. The lowest BCUT2D eigenvalue weighted by molar-refractivity contribution is -0.131. The van der Waals surface area contributed by atoms with E-state index in [2.05, 4.69) is 79.9 Å². The van der Waals surface area contributed by atoms with Crippen molar-refractivity contribution in [2.75, 3.05) is 19.1 Å². The summed E-state index contributed by atoms with van der Waals surface area (Å²) in [6.45, 7) is 22.2. The van der Waals surface area contributed by atoms with Gasteiger partial charge < -0.3 is 22.8 Å². The number of nitrogens with zero attached hydrogens (tertiary/aromatic N) is 1. The van der Waals surface area contributed by atoms with Crippen molar-refractivity contribution in [3.63, 3.8) is 0 Å². The number of hydrogen-bond donors (Lipinski definition) is 0. The minimum atomic E-state index is -3.49. The van der Waals surface area contributed by atoms with Gasteiger partial charge in [0.25, 0.3) is 0 Å². The number of para-hydroxylation sites is 1. The molecule has 0 bridgehead atoms. The molecule has 1 fully saturated rings. The molecule has 0 spiro atoms. The van der Waals surface area contributed by atoms with E-state index in [1.165, 1.54) is 26.4 Å². The van der Waals surface area contributed by atoms with Crippen molar-refractivity contribution in [1.29, 1.82) is 0 Å². The Labute approximate surface area is 330 Å². The molecule has 296 valence electrons. The van der Waals surface area contributed by atoms with Crippen LogP contribution in [0.25, 0.3) is 11.1 Å². The van der Waals surface area contributed by atoms with Crippen molar-refractivity contribution < 1.29 is 31.6 Å². The second kappa shape index (κ2) is 16.2. The highest BCUT2D eigenvalue weighted by molar-refractivity contribution is 7.62. The first-order valence-corrected chi connectivity index (χ1v) is 26.5. The van der Waals surface area contributed by atoms with E-state index in [-0.39, 0.29) is 39.9 Å². The zero-order chi connectivity index (χ0) is 40.6. The minimum absolute atomic E-state index is 0.0362. The molecule has 55 heavy (non-hydrogen) atoms. The molecule has 3 atom stereocenters. The van der Waals surface area contributed by atoms with Crippen LogP contribution in [0.15, 0.2) is 97.1 Å². The largest absolute Gasteiger partial charge is 0.543 e. The molecule has 0 N–H and O–H groups in total. The summed E-state index contributed by atoms with van der Waals surface area (Å²) in [5.74, 6) is 0.133. The second-order valence-electron chi connectivity index (χ2n) is 17.6. The molecule has 1 amide bonds. The first-order chi connectivity index (χ1) is 25.6. The summed E-state index contributed by atoms with van der Waals surface area (Å²) < 4.78 is 52.3. The van der Waals surface area contributed by atoms with Crippen molar-refractivity contribution in [1.82, 2.24) is 0 Å². The summed E-state index contributed by atoms with van der Waals surface area (Å²) in [5.41, 5.74) is 4.39. The molecule has 0 saturated carbocycles. The lowest BCUT2D eigenvalue weighted by atomic mass is 9.77. The van der Waals surface area contributed by atoms with E-state index in [1.807, 2.05) is 59.5 Å². The molecular weight excluding hydrogens is 745 g/mol. The van der Waals surface area contributed by atoms with E-state index in [9.17, 15) is 13.8 Å². The number of hydrogen-bond acceptors (Lipinski definition) is 6. The van der Waals surface area contributed by atoms with Crippen LogP contribution in [0.4, 0.5) is 10.1 Å². The molecule has 3 unspecified atom stereocenters. The van der Waals surface area contributed by atoms with E-state index < -0.39 is 24.2 Å². The smallest absolute Gasteiger partial charge is 0.360 e. The lowest BCUT2D eigenvalue weighted by Crippen LogP contribution is -2.55. The van der Waals surface area contributed by atoms with Gasteiger partial charge in [-0.15, -0.1) is 0 Å². The molecule has 4 aromatic carbocycles. The maximum Gasteiger partial charge on any atom is 0.360 e. The van der Waals surface area contributed by atoms with Gasteiger partial charge in [0.1, 0.15) is 11.6 Å². The molecule has 1 heterocycles. The average Bonchev–Trinajstić information content (AvgIpc) is 3.13. The Morgan fingerprint density at radius 3 is 1.95 bits per heavy atom. The van der Waals surface area contributed by atoms with Crippen LogP contribution < -0.4 is 14.6 Å². The quantitative estimate of drug-likeness (QED) is 0.0718. The van der Waals surface area contributed by atoms with Crippen LogP contribution in [0.3, 0.4) is 0 Å². The fraction of sp³-hybridized carbons (Fsp3) is 0.432. The van der Waals surface area contributed by atoms with Crippen molar-refractivity contribution in [2.45, 2.75) is 103 Å². The van der Waals surface area contributed by atoms with Gasteiger partial charge in [0.2, 0.25) is 14.2 Å². The van der Waals surface area contributed by atoms with Gasteiger partial charge in [-0.1, -0.05) is 96.1 Å². The molecule has 11 heteroatoms. The Balaban J connectivity index is 1.61. The van der Waals surface area contributed by atoms with Crippen LogP contribution in [0.5, 0.6) is 5.75 Å². The lowest BCUT2D eigenvalue weighted by Gasteiger charge is -2.49. The number of benzene rings is 4. The number of β-lactam (4-membered cyclic amide) rings is 1. The summed E-state index contributed by atoms with van der Waals surface area (Å²) in [4.78, 5) is 16.3. The van der Waals surface area contributed by atoms with E-state index in [0.29, 0.717) is 18.1 Å². The Morgan fingerprint density at radius 1 is 0.764 bits per heavy atom. The molecule has 1 aliphatic rings. The standard InChI is InChI=1S/C44H59FNO6PSi2/c1-43(2,3)54(9,10)51-39(31-21-24-34(45)25-22-31)28-27-38-41(46(42(38)47)35-18-14-13-15-19-35)37-26-23-33(30-40(37)52-55(11,12)44(4,5)6)32-17-16-20-36(29-32)53(48,49-7)50-8/h13-26,29-30,38-39,41H,27-28H2,1-12H3. The van der Waals surface area contributed by atoms with Gasteiger partial charge >= 0.3 is 7.60 Å². The summed E-state index contributed by atoms with van der Waals surface area (Å²) in [6, 6.07) is 29.7. The van der Waals surface area contributed by atoms with Crippen LogP contribution in [0, 0.1) is 11.7 Å². The van der Waals surface area contributed by atoms with Gasteiger partial charge in [-0.2, -0.15) is 0 Å². The van der Waals surface area contributed by atoms with Crippen LogP contribution in [-0.2, 0) is 22.8 Å². The predicted molar refractivity (Wildman–Crippen MR) is 228 cm³/mol. The highest BCUT2D eigenvalue weighted by Crippen LogP contribution is 2.52. The maximum absolute atomic E-state index is 14.4. The summed E-state index contributed by atoms with van der Waals surface area (Å²) in [7, 11) is -5.36. The first-order valence-electron chi connectivity index (χ1n) is 19.1. The fourth-order valence-corrected chi connectivity index (χ4v) is 10.0. The van der Waals surface area contributed by atoms with Crippen LogP contribution in [-0.4, -0.2) is 36.8 Å². The summed E-state index contributed by atoms with van der Waals surface area (Å²) in [5, 5.41) is 0.327. The third kappa shape index (κ3) is 9.11. The molecule has 4 aromatic rings. The number of rotatable bonds is 14. The molecule has 5 rings (SSSR count). The Kier molecular flexibility index (Phi) is 12.6. The number of carbonyl (C=O) groups is 1. The predicted octanol–water partition coefficient (Wildman–Crippen LogP) is 12.2. The summed E-state index contributed by atoms with van der Waals surface area (Å²) >= 11 is 0. The Hall–Kier alpha value is -3.38. The second-order valence-corrected chi connectivity index (χ2v) is 29.3. The fourth-order valence-electron chi connectivity index (χ4n) is 6.51. The molecule has 1 aliphatic heterocycles. The van der Waals surface area contributed by atoms with Crippen LogP contribution in [0.1, 0.15) is 77.7 Å². The number of amides is 1. The van der Waals surface area contributed by atoms with E-state index in [4.69, 9.17) is 17.9 Å². The van der Waals surface area contributed by atoms with E-state index in [0.717, 1.165) is 33.7 Å². The number of anilines is 1. The minimum Gasteiger partial charge on any atom is -0.543 e. The van der Waals surface area contributed by atoms with Crippen molar-refractivity contribution in [3.8, 4) is 16.9 Å². The van der Waals surface area contributed by atoms with Gasteiger partial charge in [0.15, 0.2) is 8.32 Å². The highest BCUT2D eigenvalue weighted by Gasteiger charge is 2.51. The van der Waals surface area contributed by atoms with E-state index in [1.54, 1.807) is 18.2 Å². The van der Waals surface area contributed by atoms with E-state index >= 15 is 0 Å². The topological polar surface area (TPSA) is 74.3 Å². The molecular formula is C44H59FNO6PSi2.